The van der Waals surface area contributed by atoms with Crippen LogP contribution in [0.3, 0.4) is 0 Å². The van der Waals surface area contributed by atoms with Crippen LogP contribution in [0.5, 0.6) is 0 Å². The van der Waals surface area contributed by atoms with Crippen molar-refractivity contribution in [3.8, 4) is 0 Å². The lowest BCUT2D eigenvalue weighted by molar-refractivity contribution is 0.0447. The molecule has 1 aliphatic rings. The molecule has 0 aliphatic carbocycles. The molecular formula is C13H21N3O. The van der Waals surface area contributed by atoms with Gasteiger partial charge in [-0.25, -0.2) is 4.98 Å². The second-order valence-corrected chi connectivity index (χ2v) is 5.26. The highest BCUT2D eigenvalue weighted by atomic mass is 16.3. The monoisotopic (exact) mass is 235 g/mol. The van der Waals surface area contributed by atoms with Gasteiger partial charge in [0.2, 0.25) is 0 Å². The van der Waals surface area contributed by atoms with Gasteiger partial charge in [-0.15, -0.1) is 0 Å². The fraction of sp³-hybridized carbons (Fsp3) is 0.615. The van der Waals surface area contributed by atoms with Crippen molar-refractivity contribution in [3.05, 3.63) is 23.9 Å². The highest BCUT2D eigenvalue weighted by Gasteiger charge is 2.29. The predicted octanol–water partition coefficient (Wildman–Crippen LogP) is 1.45. The molecular weight excluding hydrogens is 214 g/mol. The Hall–Kier alpha value is -1.13. The Morgan fingerprint density at radius 3 is 3.00 bits per heavy atom. The summed E-state index contributed by atoms with van der Waals surface area (Å²) in [6.07, 6.45) is 3.64. The zero-order chi connectivity index (χ0) is 12.5. The van der Waals surface area contributed by atoms with Gasteiger partial charge in [0.15, 0.2) is 0 Å². The first kappa shape index (κ1) is 12.3. The Labute approximate surface area is 102 Å². The molecule has 1 saturated heterocycles. The summed E-state index contributed by atoms with van der Waals surface area (Å²) in [7, 11) is 0. The fourth-order valence-corrected chi connectivity index (χ4v) is 2.31. The van der Waals surface area contributed by atoms with Crippen LogP contribution in [-0.2, 0) is 0 Å². The average Bonchev–Trinajstić information content (AvgIpc) is 2.28. The molecule has 2 heterocycles. The van der Waals surface area contributed by atoms with Gasteiger partial charge >= 0.3 is 0 Å². The maximum absolute atomic E-state index is 10.1. The number of β-amino-alcohol motifs (C(OH)–C–C–N with tert-alkyl or cyclic N) is 1. The first-order chi connectivity index (χ1) is 7.98. The molecule has 1 fully saturated rings. The molecule has 0 spiro atoms. The lowest BCUT2D eigenvalue weighted by Crippen LogP contribution is -2.46. The van der Waals surface area contributed by atoms with Gasteiger partial charge in [-0.3, -0.25) is 0 Å². The quantitative estimate of drug-likeness (QED) is 0.814. The number of hydrogen-bond donors (Lipinski definition) is 2. The molecule has 1 aromatic rings. The molecule has 2 rings (SSSR count). The molecule has 0 amide bonds. The van der Waals surface area contributed by atoms with Crippen LogP contribution in [-0.4, -0.2) is 28.8 Å². The molecule has 4 nitrogen and oxygen atoms in total. The third-order valence-electron chi connectivity index (χ3n) is 3.29. The van der Waals surface area contributed by atoms with Gasteiger partial charge in [-0.2, -0.15) is 0 Å². The third kappa shape index (κ3) is 2.96. The topological polar surface area (TPSA) is 62.4 Å². The van der Waals surface area contributed by atoms with Crippen LogP contribution in [0.2, 0.25) is 0 Å². The molecule has 2 atom stereocenters. The number of pyridine rings is 1. The Bertz CT molecular complexity index is 390. The van der Waals surface area contributed by atoms with E-state index in [0.29, 0.717) is 6.54 Å². The highest BCUT2D eigenvalue weighted by Crippen LogP contribution is 2.25. The molecule has 1 aromatic heterocycles. The summed E-state index contributed by atoms with van der Waals surface area (Å²) in [5.74, 6) is 0.916. The van der Waals surface area contributed by atoms with E-state index in [0.717, 1.165) is 30.8 Å². The van der Waals surface area contributed by atoms with Crippen molar-refractivity contribution in [2.45, 2.75) is 38.3 Å². The zero-order valence-electron chi connectivity index (χ0n) is 10.6. The molecule has 0 radical (unpaired) electrons. The lowest BCUT2D eigenvalue weighted by atomic mass is 9.95. The minimum atomic E-state index is -0.607. The van der Waals surface area contributed by atoms with Crippen LogP contribution in [0, 0.1) is 0 Å². The zero-order valence-corrected chi connectivity index (χ0v) is 10.6. The molecule has 17 heavy (non-hydrogen) atoms. The number of aromatic nitrogens is 1. The molecule has 0 bridgehead atoms. The predicted molar refractivity (Wildman–Crippen MR) is 68.9 cm³/mol. The Morgan fingerprint density at radius 1 is 1.59 bits per heavy atom. The van der Waals surface area contributed by atoms with Crippen LogP contribution in [0.4, 0.5) is 5.82 Å². The molecule has 1 unspecified atom stereocenters. The van der Waals surface area contributed by atoms with Gasteiger partial charge in [0.05, 0.1) is 5.60 Å². The third-order valence-corrected chi connectivity index (χ3v) is 3.29. The van der Waals surface area contributed by atoms with Crippen LogP contribution in [0.15, 0.2) is 18.3 Å². The molecule has 1 aliphatic heterocycles. The summed E-state index contributed by atoms with van der Waals surface area (Å²) < 4.78 is 0. The highest BCUT2D eigenvalue weighted by molar-refractivity contribution is 5.42. The number of nitrogens with two attached hydrogens (primary N) is 1. The van der Waals surface area contributed by atoms with E-state index in [1.54, 1.807) is 6.20 Å². The number of nitrogens with zero attached hydrogens (tertiary/aromatic N) is 2. The first-order valence-electron chi connectivity index (χ1n) is 6.17. The fourth-order valence-electron chi connectivity index (χ4n) is 2.31. The summed E-state index contributed by atoms with van der Waals surface area (Å²) >= 11 is 0. The Morgan fingerprint density at radius 2 is 2.35 bits per heavy atom. The van der Waals surface area contributed by atoms with E-state index in [1.165, 1.54) is 0 Å². The second kappa shape index (κ2) is 4.63. The molecule has 0 aromatic carbocycles. The molecule has 3 N–H and O–H groups in total. The van der Waals surface area contributed by atoms with Crippen LogP contribution >= 0.6 is 0 Å². The Kier molecular flexibility index (Phi) is 3.35. The van der Waals surface area contributed by atoms with Crippen molar-refractivity contribution in [1.82, 2.24) is 4.98 Å². The molecule has 4 heteroatoms. The number of piperidine rings is 1. The smallest absolute Gasteiger partial charge is 0.128 e. The van der Waals surface area contributed by atoms with Gasteiger partial charge in [0, 0.05) is 25.3 Å². The van der Waals surface area contributed by atoms with Gasteiger partial charge in [-0.1, -0.05) is 0 Å². The molecule has 0 saturated carbocycles. The second-order valence-electron chi connectivity index (χ2n) is 5.26. The number of anilines is 1. The van der Waals surface area contributed by atoms with Crippen molar-refractivity contribution in [2.24, 2.45) is 5.73 Å². The van der Waals surface area contributed by atoms with Gasteiger partial charge in [0.25, 0.3) is 0 Å². The van der Waals surface area contributed by atoms with E-state index in [1.807, 2.05) is 26.0 Å². The van der Waals surface area contributed by atoms with E-state index in [-0.39, 0.29) is 6.04 Å². The van der Waals surface area contributed by atoms with Crippen molar-refractivity contribution >= 4 is 5.82 Å². The van der Waals surface area contributed by atoms with E-state index in [2.05, 4.69) is 9.88 Å². The summed E-state index contributed by atoms with van der Waals surface area (Å²) in [5.41, 5.74) is 6.35. The largest absolute Gasteiger partial charge is 0.388 e. The van der Waals surface area contributed by atoms with E-state index >= 15 is 0 Å². The normalized spacial score (nSPS) is 26.9. The maximum atomic E-state index is 10.1. The van der Waals surface area contributed by atoms with Crippen LogP contribution < -0.4 is 10.6 Å². The van der Waals surface area contributed by atoms with E-state index in [4.69, 9.17) is 5.73 Å². The minimum absolute atomic E-state index is 0.0158. The number of rotatable bonds is 2. The summed E-state index contributed by atoms with van der Waals surface area (Å²) in [6.45, 7) is 5.44. The van der Waals surface area contributed by atoms with Crippen molar-refractivity contribution in [3.63, 3.8) is 0 Å². The summed E-state index contributed by atoms with van der Waals surface area (Å²) in [4.78, 5) is 6.50. The summed E-state index contributed by atoms with van der Waals surface area (Å²) in [6, 6.07) is 3.98. The van der Waals surface area contributed by atoms with Crippen molar-refractivity contribution in [1.29, 1.82) is 0 Å². The number of aliphatic hydroxyl groups is 1. The van der Waals surface area contributed by atoms with Gasteiger partial charge in [0.1, 0.15) is 5.82 Å². The van der Waals surface area contributed by atoms with Gasteiger partial charge < -0.3 is 15.7 Å². The van der Waals surface area contributed by atoms with Crippen LogP contribution in [0.1, 0.15) is 38.3 Å². The van der Waals surface area contributed by atoms with E-state index in [9.17, 15) is 5.11 Å². The van der Waals surface area contributed by atoms with Crippen molar-refractivity contribution < 1.29 is 5.11 Å². The summed E-state index contributed by atoms with van der Waals surface area (Å²) in [5, 5.41) is 10.1. The van der Waals surface area contributed by atoms with Crippen molar-refractivity contribution in [2.75, 3.05) is 18.0 Å². The average molecular weight is 235 g/mol. The Balaban J connectivity index is 2.19. The van der Waals surface area contributed by atoms with Crippen LogP contribution in [0.25, 0.3) is 0 Å². The standard InChI is InChI=1S/C13H21N3O/c1-10(14)11-4-6-15-12(8-11)16-7-3-5-13(2,17)9-16/h4,6,8,10,17H,3,5,7,9,14H2,1-2H3/t10-,13?/m0/s1. The lowest BCUT2D eigenvalue weighted by Gasteiger charge is -2.37. The number of hydrogen-bond acceptors (Lipinski definition) is 4. The molecule has 94 valence electrons. The SMILES string of the molecule is C[C@H](N)c1ccnc(N2CCCC(C)(O)C2)c1. The van der Waals surface area contributed by atoms with Gasteiger partial charge in [-0.05, 0) is 44.4 Å². The first-order valence-corrected chi connectivity index (χ1v) is 6.17. The minimum Gasteiger partial charge on any atom is -0.388 e. The van der Waals surface area contributed by atoms with E-state index < -0.39 is 5.60 Å². The maximum Gasteiger partial charge on any atom is 0.128 e.